The number of likely N-dealkylation sites (tertiary alicyclic amines) is 1. The van der Waals surface area contributed by atoms with E-state index in [1.165, 1.54) is 18.4 Å². The number of hydrogen-bond donors (Lipinski definition) is 0. The topological polar surface area (TPSA) is 12.5 Å². The molecule has 1 aliphatic heterocycles. The van der Waals surface area contributed by atoms with Gasteiger partial charge in [-0.25, -0.2) is 0 Å². The molecule has 0 aromatic heterocycles. The predicted octanol–water partition coefficient (Wildman–Crippen LogP) is 3.49. The minimum Gasteiger partial charge on any atom is -0.361 e. The van der Waals surface area contributed by atoms with Gasteiger partial charge in [0.25, 0.3) is 0 Å². The fourth-order valence-corrected chi connectivity index (χ4v) is 3.96. The second-order valence-corrected chi connectivity index (χ2v) is 6.49. The number of hydrogen-bond acceptors (Lipinski definition) is 3. The number of halogens is 1. The Morgan fingerprint density at radius 2 is 2.18 bits per heavy atom. The maximum atomic E-state index is 5.84. The first-order valence-corrected chi connectivity index (χ1v) is 8.92. The summed E-state index contributed by atoms with van der Waals surface area (Å²) in [6.07, 6.45) is 2.58. The summed E-state index contributed by atoms with van der Waals surface area (Å²) in [5, 5.41) is 1.43. The van der Waals surface area contributed by atoms with Crippen molar-refractivity contribution in [3.8, 4) is 0 Å². The van der Waals surface area contributed by atoms with Gasteiger partial charge in [0.1, 0.15) is 6.73 Å². The summed E-state index contributed by atoms with van der Waals surface area (Å²) in [6.45, 7) is 2.56. The van der Waals surface area contributed by atoms with Crippen LogP contribution in [0.4, 0.5) is 0 Å². The summed E-state index contributed by atoms with van der Waals surface area (Å²) < 4.78 is 5.75. The van der Waals surface area contributed by atoms with E-state index in [-0.39, 0.29) is 0 Å². The van der Waals surface area contributed by atoms with Crippen molar-refractivity contribution < 1.29 is 4.74 Å². The molecular weight excluding hydrogens is 273 g/mol. The smallest absolute Gasteiger partial charge is 0.100 e. The molecule has 0 N–H and O–H groups in total. The van der Waals surface area contributed by atoms with Gasteiger partial charge >= 0.3 is 0 Å². The molecule has 2 rings (SSSR count). The zero-order valence-electron chi connectivity index (χ0n) is 9.77. The van der Waals surface area contributed by atoms with Gasteiger partial charge in [0.15, 0.2) is 0 Å². The molecule has 0 radical (unpaired) electrons. The Kier molecular flexibility index (Phi) is 5.58. The van der Waals surface area contributed by atoms with Gasteiger partial charge in [-0.1, -0.05) is 23.7 Å². The Bertz CT molecular complexity index is 349. The maximum Gasteiger partial charge on any atom is 0.100 e. The first-order valence-electron chi connectivity index (χ1n) is 5.76. The molecule has 1 heterocycles. The second kappa shape index (κ2) is 6.96. The van der Waals surface area contributed by atoms with E-state index in [1.54, 1.807) is 0 Å². The second-order valence-electron chi connectivity index (χ2n) is 4.18. The van der Waals surface area contributed by atoms with Crippen LogP contribution in [0.25, 0.3) is 0 Å². The molecule has 2 unspecified atom stereocenters. The fraction of sp³-hybridized carbons (Fsp3) is 0.500. The molecule has 2 nitrogen and oxygen atoms in total. The van der Waals surface area contributed by atoms with Gasteiger partial charge in [-0.2, -0.15) is 0 Å². The fourth-order valence-electron chi connectivity index (χ4n) is 1.99. The highest BCUT2D eigenvalue weighted by atomic mass is 35.5. The van der Waals surface area contributed by atoms with Gasteiger partial charge in [0.05, 0.1) is 12.0 Å². The standard InChI is InChI=1S/C12H17ClNOPS/c13-11-5-3-10(4-6-11)8-15-9-14-7-1-2-12(14)17-16/h3-6,12H,1-2,7-9,16H2/p+1. The number of benzene rings is 1. The van der Waals surface area contributed by atoms with Gasteiger partial charge in [0, 0.05) is 31.4 Å². The molecule has 0 aliphatic carbocycles. The van der Waals surface area contributed by atoms with Crippen LogP contribution >= 0.6 is 31.4 Å². The minimum atomic E-state index is 0.651. The molecule has 2 atom stereocenters. The molecule has 1 aliphatic rings. The average molecular weight is 291 g/mol. The summed E-state index contributed by atoms with van der Waals surface area (Å²) in [7, 11) is 1.98. The summed E-state index contributed by atoms with van der Waals surface area (Å²) in [4.78, 5) is 2.41. The molecule has 17 heavy (non-hydrogen) atoms. The van der Waals surface area contributed by atoms with E-state index in [4.69, 9.17) is 16.3 Å². The van der Waals surface area contributed by atoms with E-state index >= 15 is 0 Å². The quantitative estimate of drug-likeness (QED) is 0.770. The Morgan fingerprint density at radius 1 is 1.41 bits per heavy atom. The summed E-state index contributed by atoms with van der Waals surface area (Å²) in [5.74, 6) is 0. The molecule has 0 amide bonds. The van der Waals surface area contributed by atoms with Crippen molar-refractivity contribution in [3.63, 3.8) is 0 Å². The lowest BCUT2D eigenvalue weighted by Gasteiger charge is -2.20. The molecule has 1 aromatic carbocycles. The Hall–Kier alpha value is 0.210. The molecule has 0 bridgehead atoms. The largest absolute Gasteiger partial charge is 0.361 e. The lowest BCUT2D eigenvalue weighted by atomic mass is 10.2. The van der Waals surface area contributed by atoms with Crippen LogP contribution in [0.1, 0.15) is 18.4 Å². The normalized spacial score (nSPS) is 21.1. The summed E-state index contributed by atoms with van der Waals surface area (Å²) in [6, 6.07) is 7.84. The van der Waals surface area contributed by atoms with Gasteiger partial charge in [-0.15, -0.1) is 0 Å². The van der Waals surface area contributed by atoms with Gasteiger partial charge in [-0.3, -0.25) is 4.90 Å². The van der Waals surface area contributed by atoms with E-state index in [0.717, 1.165) is 18.3 Å². The van der Waals surface area contributed by atoms with Crippen molar-refractivity contribution in [3.05, 3.63) is 34.9 Å². The molecule has 5 heteroatoms. The van der Waals surface area contributed by atoms with Crippen molar-refractivity contribution >= 4 is 31.4 Å². The van der Waals surface area contributed by atoms with E-state index < -0.39 is 0 Å². The Balaban J connectivity index is 1.74. The number of ether oxygens (including phenoxy) is 1. The van der Waals surface area contributed by atoms with Crippen LogP contribution in [0, 0.1) is 0 Å². The Labute approximate surface area is 114 Å². The molecule has 94 valence electrons. The molecule has 0 saturated carbocycles. The third-order valence-electron chi connectivity index (χ3n) is 2.94. The van der Waals surface area contributed by atoms with Crippen molar-refractivity contribution in [2.45, 2.75) is 24.8 Å². The van der Waals surface area contributed by atoms with E-state index in [2.05, 4.69) is 4.90 Å². The summed E-state index contributed by atoms with van der Waals surface area (Å²) >= 11 is 7.78. The Morgan fingerprint density at radius 3 is 2.88 bits per heavy atom. The highest BCUT2D eigenvalue weighted by Gasteiger charge is 2.25. The first kappa shape index (κ1) is 13.6. The van der Waals surface area contributed by atoms with Gasteiger partial charge in [0.2, 0.25) is 0 Å². The van der Waals surface area contributed by atoms with E-state index in [0.29, 0.717) is 12.0 Å². The highest BCUT2D eigenvalue weighted by Crippen LogP contribution is 2.31. The van der Waals surface area contributed by atoms with Crippen LogP contribution in [0.3, 0.4) is 0 Å². The third kappa shape index (κ3) is 4.11. The highest BCUT2D eigenvalue weighted by molar-refractivity contribution is 8.44. The van der Waals surface area contributed by atoms with Crippen LogP contribution in [0.2, 0.25) is 5.02 Å². The van der Waals surface area contributed by atoms with E-state index in [9.17, 15) is 0 Å². The lowest BCUT2D eigenvalue weighted by Crippen LogP contribution is -2.28. The van der Waals surface area contributed by atoms with Gasteiger partial charge < -0.3 is 4.74 Å². The zero-order chi connectivity index (χ0) is 12.1. The van der Waals surface area contributed by atoms with Gasteiger partial charge in [-0.05, 0) is 30.5 Å². The first-order chi connectivity index (χ1) is 8.29. The van der Waals surface area contributed by atoms with Crippen molar-refractivity contribution in [2.24, 2.45) is 0 Å². The molecule has 1 saturated heterocycles. The van der Waals surface area contributed by atoms with E-state index in [1.807, 2.05) is 44.1 Å². The number of rotatable bonds is 5. The van der Waals surface area contributed by atoms with Crippen molar-refractivity contribution in [1.29, 1.82) is 0 Å². The number of nitrogens with zero attached hydrogens (tertiary/aromatic N) is 1. The molecular formula is C12H18ClNOPS+. The van der Waals surface area contributed by atoms with Crippen LogP contribution in [0.15, 0.2) is 24.3 Å². The average Bonchev–Trinajstić information content (AvgIpc) is 2.79. The van der Waals surface area contributed by atoms with Crippen LogP contribution in [0.5, 0.6) is 0 Å². The molecule has 1 aromatic rings. The van der Waals surface area contributed by atoms with Crippen LogP contribution < -0.4 is 0 Å². The van der Waals surface area contributed by atoms with Crippen molar-refractivity contribution in [2.75, 3.05) is 13.3 Å². The monoisotopic (exact) mass is 290 g/mol. The molecule has 0 spiro atoms. The minimum absolute atomic E-state index is 0.651. The predicted molar refractivity (Wildman–Crippen MR) is 79.5 cm³/mol. The zero-order valence-corrected chi connectivity index (χ0v) is 12.8. The maximum absolute atomic E-state index is 5.84. The summed E-state index contributed by atoms with van der Waals surface area (Å²) in [5.41, 5.74) is 1.18. The van der Waals surface area contributed by atoms with Crippen LogP contribution in [-0.4, -0.2) is 23.5 Å². The lowest BCUT2D eigenvalue weighted by molar-refractivity contribution is 0.0263. The van der Waals surface area contributed by atoms with Crippen LogP contribution in [-0.2, 0) is 11.3 Å². The molecule has 1 fully saturated rings. The third-order valence-corrected chi connectivity index (χ3v) is 5.26. The van der Waals surface area contributed by atoms with Crippen molar-refractivity contribution in [1.82, 2.24) is 4.90 Å². The SMILES string of the molecule is [PH3+]SC1CCCN1COCc1ccc(Cl)cc1.